The van der Waals surface area contributed by atoms with E-state index in [1.165, 1.54) is 11.3 Å². The van der Waals surface area contributed by atoms with Crippen molar-refractivity contribution in [3.63, 3.8) is 0 Å². The van der Waals surface area contributed by atoms with Crippen molar-refractivity contribution >= 4 is 44.8 Å². The Labute approximate surface area is 181 Å². The molecule has 2 aromatic carbocycles. The van der Waals surface area contributed by atoms with E-state index in [0.29, 0.717) is 29.0 Å². The zero-order chi connectivity index (χ0) is 21.2. The Morgan fingerprint density at radius 1 is 0.968 bits per heavy atom. The van der Waals surface area contributed by atoms with Crippen LogP contribution in [0.1, 0.15) is 5.82 Å². The molecule has 0 unspecified atom stereocenters. The van der Waals surface area contributed by atoms with Crippen molar-refractivity contribution in [2.75, 3.05) is 17.7 Å². The fourth-order valence-electron chi connectivity index (χ4n) is 3.10. The number of benzene rings is 2. The van der Waals surface area contributed by atoms with Crippen molar-refractivity contribution in [3.05, 3.63) is 66.2 Å². The number of hydrogen-bond donors (Lipinski definition) is 2. The molecule has 3 aromatic heterocycles. The molecule has 0 atom stereocenters. The van der Waals surface area contributed by atoms with Gasteiger partial charge < -0.3 is 15.4 Å². The van der Waals surface area contributed by atoms with Crippen molar-refractivity contribution < 1.29 is 4.74 Å². The molecule has 0 amide bonds. The molecule has 0 spiro atoms. The molecule has 0 fully saturated rings. The van der Waals surface area contributed by atoms with Crippen LogP contribution in [0.5, 0.6) is 5.75 Å². The summed E-state index contributed by atoms with van der Waals surface area (Å²) in [5.41, 5.74) is 4.89. The molecule has 0 aliphatic carbocycles. The van der Waals surface area contributed by atoms with Gasteiger partial charge in [0.2, 0.25) is 5.95 Å². The van der Waals surface area contributed by atoms with Gasteiger partial charge in [-0.1, -0.05) is 18.2 Å². The van der Waals surface area contributed by atoms with Crippen LogP contribution in [0.3, 0.4) is 0 Å². The second-order valence-corrected chi connectivity index (χ2v) is 7.49. The van der Waals surface area contributed by atoms with E-state index >= 15 is 0 Å². The molecule has 9 nitrogen and oxygen atoms in total. The van der Waals surface area contributed by atoms with Crippen molar-refractivity contribution in [1.29, 1.82) is 0 Å². The Morgan fingerprint density at radius 2 is 1.84 bits per heavy atom. The van der Waals surface area contributed by atoms with Gasteiger partial charge in [0.15, 0.2) is 11.5 Å². The largest absolute Gasteiger partial charge is 0.494 e. The Balaban J connectivity index is 1.47. The molecular weight excluding hydrogens is 412 g/mol. The number of para-hydroxylation sites is 1. The minimum Gasteiger partial charge on any atom is -0.494 e. The number of ether oxygens (including phenoxy) is 1. The van der Waals surface area contributed by atoms with Crippen LogP contribution in [0.2, 0.25) is 0 Å². The van der Waals surface area contributed by atoms with Gasteiger partial charge >= 0.3 is 0 Å². The molecule has 0 aliphatic heterocycles. The maximum atomic E-state index is 5.56. The van der Waals surface area contributed by atoms with E-state index in [9.17, 15) is 0 Å². The molecule has 3 heterocycles. The smallest absolute Gasteiger partial charge is 0.231 e. The second-order valence-electron chi connectivity index (χ2n) is 6.64. The number of anilines is 4. The third-order valence-electron chi connectivity index (χ3n) is 4.52. The van der Waals surface area contributed by atoms with Crippen LogP contribution in [-0.4, -0.2) is 36.8 Å². The predicted octanol–water partition coefficient (Wildman–Crippen LogP) is 4.47. The average Bonchev–Trinajstić information content (AvgIpc) is 3.43. The van der Waals surface area contributed by atoms with Crippen molar-refractivity contribution in [2.24, 2.45) is 0 Å². The summed E-state index contributed by atoms with van der Waals surface area (Å²) < 4.78 is 8.13. The summed E-state index contributed by atoms with van der Waals surface area (Å²) in [5, 5.41) is 10.9. The molecule has 0 bridgehead atoms. The van der Waals surface area contributed by atoms with E-state index in [-0.39, 0.29) is 0 Å². The van der Waals surface area contributed by atoms with Crippen LogP contribution in [0.25, 0.3) is 16.0 Å². The van der Waals surface area contributed by atoms with Crippen molar-refractivity contribution in [1.82, 2.24) is 29.7 Å². The number of fused-ring (bicyclic) bond motifs is 1. The van der Waals surface area contributed by atoms with Gasteiger partial charge in [0.25, 0.3) is 0 Å². The molecule has 5 aromatic rings. The summed E-state index contributed by atoms with van der Waals surface area (Å²) in [6, 6.07) is 15.6. The topological polar surface area (TPSA) is 103 Å². The van der Waals surface area contributed by atoms with E-state index in [2.05, 4.69) is 35.7 Å². The molecule has 0 saturated carbocycles. The Kier molecular flexibility index (Phi) is 4.89. The lowest BCUT2D eigenvalue weighted by molar-refractivity contribution is 0.412. The summed E-state index contributed by atoms with van der Waals surface area (Å²) in [4.78, 5) is 17.7. The molecule has 2 N–H and O–H groups in total. The summed E-state index contributed by atoms with van der Waals surface area (Å²) >= 11 is 1.49. The number of aromatic nitrogens is 6. The number of thiazole rings is 1. The summed E-state index contributed by atoms with van der Waals surface area (Å²) in [5.74, 6) is 2.46. The van der Waals surface area contributed by atoms with E-state index in [4.69, 9.17) is 4.74 Å². The van der Waals surface area contributed by atoms with Crippen LogP contribution >= 0.6 is 11.3 Å². The van der Waals surface area contributed by atoms with Crippen molar-refractivity contribution in [2.45, 2.75) is 6.92 Å². The molecular formula is C21H18N8OS. The highest BCUT2D eigenvalue weighted by molar-refractivity contribution is 7.17. The molecule has 154 valence electrons. The number of rotatable bonds is 6. The van der Waals surface area contributed by atoms with Gasteiger partial charge in [-0.15, -0.1) is 11.3 Å². The quantitative estimate of drug-likeness (QED) is 0.407. The first-order valence-corrected chi connectivity index (χ1v) is 10.3. The maximum Gasteiger partial charge on any atom is 0.231 e. The lowest BCUT2D eigenvalue weighted by Gasteiger charge is -2.12. The van der Waals surface area contributed by atoms with Crippen LogP contribution in [0.4, 0.5) is 23.1 Å². The summed E-state index contributed by atoms with van der Waals surface area (Å²) in [6.45, 7) is 1.84. The fourth-order valence-corrected chi connectivity index (χ4v) is 3.77. The highest BCUT2D eigenvalue weighted by atomic mass is 32.1. The lowest BCUT2D eigenvalue weighted by atomic mass is 10.2. The Morgan fingerprint density at radius 3 is 2.61 bits per heavy atom. The Bertz CT molecular complexity index is 1350. The highest BCUT2D eigenvalue weighted by Gasteiger charge is 2.13. The van der Waals surface area contributed by atoms with Crippen LogP contribution in [0, 0.1) is 6.92 Å². The maximum absolute atomic E-state index is 5.56. The predicted molar refractivity (Wildman–Crippen MR) is 121 cm³/mol. The van der Waals surface area contributed by atoms with Crippen molar-refractivity contribution in [3.8, 4) is 11.4 Å². The van der Waals surface area contributed by atoms with Gasteiger partial charge in [0, 0.05) is 17.4 Å². The highest BCUT2D eigenvalue weighted by Crippen LogP contribution is 2.31. The van der Waals surface area contributed by atoms with E-state index < -0.39 is 0 Å². The molecule has 10 heteroatoms. The minimum absolute atomic E-state index is 0.434. The molecule has 5 rings (SSSR count). The molecule has 31 heavy (non-hydrogen) atoms. The monoisotopic (exact) mass is 430 g/mol. The molecule has 0 saturated heterocycles. The van der Waals surface area contributed by atoms with Gasteiger partial charge in [-0.25, -0.2) is 14.6 Å². The van der Waals surface area contributed by atoms with E-state index in [1.807, 2.05) is 55.5 Å². The van der Waals surface area contributed by atoms with Crippen LogP contribution < -0.4 is 15.4 Å². The van der Waals surface area contributed by atoms with Gasteiger partial charge in [-0.3, -0.25) is 0 Å². The van der Waals surface area contributed by atoms with E-state index in [1.54, 1.807) is 23.6 Å². The van der Waals surface area contributed by atoms with Gasteiger partial charge in [0.05, 0.1) is 12.6 Å². The third-order valence-corrected chi connectivity index (χ3v) is 5.34. The summed E-state index contributed by atoms with van der Waals surface area (Å²) in [7, 11) is 1.62. The zero-order valence-corrected chi connectivity index (χ0v) is 17.6. The standard InChI is InChI=1S/C21H18N8OS/c1-13-22-11-29(28-13)16-9-8-15(10-17(16)30-2)25-21-26-19-18(31-12-23-19)20(27-21)24-14-6-4-3-5-7-14/h3-12H,1-2H3,(H2,24,25,26,27). The normalized spacial score (nSPS) is 10.9. The number of aryl methyl sites for hydroxylation is 1. The zero-order valence-electron chi connectivity index (χ0n) is 16.8. The fraction of sp³-hybridized carbons (Fsp3) is 0.0952. The van der Waals surface area contributed by atoms with Gasteiger partial charge in [-0.05, 0) is 31.2 Å². The third kappa shape index (κ3) is 3.88. The minimum atomic E-state index is 0.434. The number of methoxy groups -OCH3 is 1. The average molecular weight is 430 g/mol. The number of nitrogens with one attached hydrogen (secondary N) is 2. The van der Waals surface area contributed by atoms with Crippen LogP contribution in [0.15, 0.2) is 60.4 Å². The molecule has 0 aliphatic rings. The first kappa shape index (κ1) is 18.9. The Hall–Kier alpha value is -4.05. The first-order chi connectivity index (χ1) is 15.2. The SMILES string of the molecule is COc1cc(Nc2nc(Nc3ccccc3)c3scnc3n2)ccc1-n1cnc(C)n1. The first-order valence-electron chi connectivity index (χ1n) is 9.46. The van der Waals surface area contributed by atoms with Gasteiger partial charge in [0.1, 0.15) is 28.3 Å². The van der Waals surface area contributed by atoms with E-state index in [0.717, 1.165) is 21.8 Å². The van der Waals surface area contributed by atoms with Crippen LogP contribution in [-0.2, 0) is 0 Å². The molecule has 0 radical (unpaired) electrons. The number of hydrogen-bond acceptors (Lipinski definition) is 9. The number of nitrogens with zero attached hydrogens (tertiary/aromatic N) is 6. The lowest BCUT2D eigenvalue weighted by Crippen LogP contribution is -2.03. The van der Waals surface area contributed by atoms with Gasteiger partial charge in [-0.2, -0.15) is 15.1 Å². The second kappa shape index (κ2) is 8.00. The summed E-state index contributed by atoms with van der Waals surface area (Å²) in [6.07, 6.45) is 1.65.